The van der Waals surface area contributed by atoms with E-state index in [0.29, 0.717) is 42.3 Å². The number of hydrogen-bond donors (Lipinski definition) is 1. The molecule has 3 rings (SSSR count). The molecular formula is C18H23ClN2O4S. The van der Waals surface area contributed by atoms with E-state index >= 15 is 0 Å². The molecule has 2 heterocycles. The summed E-state index contributed by atoms with van der Waals surface area (Å²) in [7, 11) is 3.15. The number of halogens is 1. The number of piperidine rings is 1. The van der Waals surface area contributed by atoms with Crippen molar-refractivity contribution in [1.82, 2.24) is 10.1 Å². The summed E-state index contributed by atoms with van der Waals surface area (Å²) in [5.74, 6) is 0.299. The summed E-state index contributed by atoms with van der Waals surface area (Å²) in [6.07, 6.45) is 1.23. The molecule has 0 N–H and O–H groups in total. The highest BCUT2D eigenvalue weighted by molar-refractivity contribution is 7.75. The summed E-state index contributed by atoms with van der Waals surface area (Å²) in [5, 5.41) is 3.92. The molecule has 2 aliphatic rings. The number of nitrogens with zero attached hydrogens (tertiary/aromatic N) is 2. The van der Waals surface area contributed by atoms with Crippen LogP contribution in [0.2, 0.25) is 5.02 Å². The van der Waals surface area contributed by atoms with Gasteiger partial charge in [-0.25, -0.2) is 5.06 Å². The molecule has 8 heteroatoms. The fourth-order valence-electron chi connectivity index (χ4n) is 4.10. The van der Waals surface area contributed by atoms with E-state index in [9.17, 15) is 4.79 Å². The molecule has 2 aliphatic heterocycles. The average Bonchev–Trinajstić information content (AvgIpc) is 2.82. The predicted octanol–water partition coefficient (Wildman–Crippen LogP) is 3.33. The molecule has 0 unspecified atom stereocenters. The minimum absolute atomic E-state index is 0.226. The van der Waals surface area contributed by atoms with E-state index < -0.39 is 5.54 Å². The number of hydroxylamine groups is 4. The number of benzene rings is 1. The lowest BCUT2D eigenvalue weighted by atomic mass is 9.85. The van der Waals surface area contributed by atoms with Crippen LogP contribution in [0.15, 0.2) is 17.9 Å². The van der Waals surface area contributed by atoms with Gasteiger partial charge in [-0.1, -0.05) is 11.6 Å². The minimum Gasteiger partial charge on any atom is -0.430 e. The second-order valence-corrected chi connectivity index (χ2v) is 7.25. The molecule has 142 valence electrons. The monoisotopic (exact) mass is 398 g/mol. The third-order valence-corrected chi connectivity index (χ3v) is 5.67. The Morgan fingerprint density at radius 1 is 1.12 bits per heavy atom. The lowest BCUT2D eigenvalue weighted by molar-refractivity contribution is -0.220. The summed E-state index contributed by atoms with van der Waals surface area (Å²) in [6.45, 7) is 5.16. The van der Waals surface area contributed by atoms with Gasteiger partial charge in [0.15, 0.2) is 5.76 Å². The van der Waals surface area contributed by atoms with E-state index in [4.69, 9.17) is 25.5 Å². The Morgan fingerprint density at radius 2 is 1.69 bits per heavy atom. The summed E-state index contributed by atoms with van der Waals surface area (Å²) >= 11 is 10.3. The first-order valence-electron chi connectivity index (χ1n) is 8.40. The minimum atomic E-state index is -0.698. The van der Waals surface area contributed by atoms with Gasteiger partial charge in [0.1, 0.15) is 5.54 Å². The predicted molar refractivity (Wildman–Crippen MR) is 102 cm³/mol. The van der Waals surface area contributed by atoms with Gasteiger partial charge in [0.05, 0.1) is 19.8 Å². The second kappa shape index (κ2) is 7.40. The molecule has 1 spiro atoms. The van der Waals surface area contributed by atoms with Gasteiger partial charge in [-0.15, -0.1) is 0 Å². The van der Waals surface area contributed by atoms with Crippen LogP contribution >= 0.6 is 24.5 Å². The van der Waals surface area contributed by atoms with Crippen molar-refractivity contribution in [3.63, 3.8) is 0 Å². The number of thiol groups is 1. The summed E-state index contributed by atoms with van der Waals surface area (Å²) < 4.78 is 5.52. The van der Waals surface area contributed by atoms with Gasteiger partial charge in [0.2, 0.25) is 0 Å². The van der Waals surface area contributed by atoms with Crippen LogP contribution in [0.1, 0.15) is 29.5 Å². The van der Waals surface area contributed by atoms with Crippen molar-refractivity contribution >= 4 is 36.0 Å². The van der Waals surface area contributed by atoms with Crippen LogP contribution in [0.5, 0.6) is 0 Å². The molecule has 0 saturated carbocycles. The van der Waals surface area contributed by atoms with E-state index in [1.165, 1.54) is 12.2 Å². The molecule has 1 amide bonds. The van der Waals surface area contributed by atoms with Gasteiger partial charge in [0, 0.05) is 31.0 Å². The summed E-state index contributed by atoms with van der Waals surface area (Å²) in [4.78, 5) is 24.1. The zero-order valence-electron chi connectivity index (χ0n) is 15.3. The molecule has 1 aromatic rings. The molecule has 1 saturated heterocycles. The third-order valence-electron chi connectivity index (χ3n) is 5.27. The Morgan fingerprint density at radius 3 is 2.15 bits per heavy atom. The first kappa shape index (κ1) is 19.5. The van der Waals surface area contributed by atoms with E-state index in [1.54, 1.807) is 7.11 Å². The number of amides is 1. The zero-order valence-corrected chi connectivity index (χ0v) is 17.0. The Labute approximate surface area is 164 Å². The highest BCUT2D eigenvalue weighted by Gasteiger charge is 2.56. The maximum absolute atomic E-state index is 13.3. The van der Waals surface area contributed by atoms with Crippen molar-refractivity contribution in [3.8, 4) is 0 Å². The van der Waals surface area contributed by atoms with Crippen molar-refractivity contribution in [2.24, 2.45) is 0 Å². The number of rotatable bonds is 4. The zero-order chi connectivity index (χ0) is 19.1. The smallest absolute Gasteiger partial charge is 0.282 e. The van der Waals surface area contributed by atoms with E-state index in [2.05, 4.69) is 12.9 Å². The highest BCUT2D eigenvalue weighted by Crippen LogP contribution is 2.48. The second-order valence-electron chi connectivity index (χ2n) is 6.64. The van der Waals surface area contributed by atoms with Crippen LogP contribution in [0.3, 0.4) is 0 Å². The van der Waals surface area contributed by atoms with Crippen molar-refractivity contribution in [3.05, 3.63) is 39.6 Å². The quantitative estimate of drug-likeness (QED) is 0.622. The lowest BCUT2D eigenvalue weighted by Crippen LogP contribution is -2.54. The highest BCUT2D eigenvalue weighted by atomic mass is 35.5. The van der Waals surface area contributed by atoms with Crippen molar-refractivity contribution in [1.29, 1.82) is 0 Å². The molecule has 0 aromatic heterocycles. The molecule has 0 aliphatic carbocycles. The first-order valence-corrected chi connectivity index (χ1v) is 9.15. The molecule has 0 radical (unpaired) electrons. The van der Waals surface area contributed by atoms with Gasteiger partial charge in [-0.05, 0) is 55.5 Å². The summed E-state index contributed by atoms with van der Waals surface area (Å²) in [6, 6.07) is 3.69. The fraction of sp³-hybridized carbons (Fsp3) is 0.500. The summed E-state index contributed by atoms with van der Waals surface area (Å²) in [5.41, 5.74) is 2.42. The standard InChI is InChI=1S/C18H23ClN2O4S/c1-11-9-13(19)10-12(2)14(11)15-16(25-26)18(21(24-4)17(15)22)5-7-20(23-3)8-6-18/h9-10,26H,5-8H2,1-4H3. The molecule has 0 bridgehead atoms. The van der Waals surface area contributed by atoms with Gasteiger partial charge < -0.3 is 9.02 Å². The van der Waals surface area contributed by atoms with Gasteiger partial charge >= 0.3 is 0 Å². The number of hydrogen-bond acceptors (Lipinski definition) is 6. The molecule has 1 aromatic carbocycles. The molecular weight excluding hydrogens is 376 g/mol. The topological polar surface area (TPSA) is 51.2 Å². The Balaban J connectivity index is 2.17. The molecule has 6 nitrogen and oxygen atoms in total. The molecule has 26 heavy (non-hydrogen) atoms. The van der Waals surface area contributed by atoms with Gasteiger partial charge in [0.25, 0.3) is 5.91 Å². The van der Waals surface area contributed by atoms with Crippen molar-refractivity contribution in [2.75, 3.05) is 27.3 Å². The lowest BCUT2D eigenvalue weighted by Gasteiger charge is -2.42. The van der Waals surface area contributed by atoms with Crippen LogP contribution in [-0.4, -0.2) is 48.9 Å². The van der Waals surface area contributed by atoms with Crippen LogP contribution in [0, 0.1) is 13.8 Å². The Kier molecular flexibility index (Phi) is 5.55. The maximum Gasteiger partial charge on any atom is 0.282 e. The molecule has 0 atom stereocenters. The average molecular weight is 399 g/mol. The number of aryl methyl sites for hydroxylation is 2. The van der Waals surface area contributed by atoms with Crippen molar-refractivity contribution < 1.29 is 18.7 Å². The van der Waals surface area contributed by atoms with Crippen LogP contribution in [0.4, 0.5) is 0 Å². The van der Waals surface area contributed by atoms with Gasteiger partial charge in [-0.2, -0.15) is 5.06 Å². The Hall–Kier alpha value is -1.25. The normalized spacial score (nSPS) is 20.4. The van der Waals surface area contributed by atoms with Crippen LogP contribution < -0.4 is 0 Å². The van der Waals surface area contributed by atoms with E-state index in [1.807, 2.05) is 31.0 Å². The SMILES string of the molecule is CON1CCC2(CC1)C(OS)=C(c1c(C)cc(Cl)cc1C)C(=O)N2OC. The third kappa shape index (κ3) is 2.92. The maximum atomic E-state index is 13.3. The van der Waals surface area contributed by atoms with E-state index in [0.717, 1.165) is 16.7 Å². The van der Waals surface area contributed by atoms with Crippen LogP contribution in [0.25, 0.3) is 5.57 Å². The van der Waals surface area contributed by atoms with E-state index in [-0.39, 0.29) is 5.91 Å². The number of carbonyl (C=O) groups excluding carboxylic acids is 1. The number of carbonyl (C=O) groups is 1. The molecule has 1 fully saturated rings. The Bertz CT molecular complexity index is 737. The first-order chi connectivity index (χ1) is 12.4. The fourth-order valence-corrected chi connectivity index (χ4v) is 4.69. The van der Waals surface area contributed by atoms with Gasteiger partial charge in [-0.3, -0.25) is 9.63 Å². The largest absolute Gasteiger partial charge is 0.430 e. The van der Waals surface area contributed by atoms with Crippen LogP contribution in [-0.2, 0) is 18.7 Å². The van der Waals surface area contributed by atoms with Crippen molar-refractivity contribution in [2.45, 2.75) is 32.2 Å².